The number of carbonyl (C=O) groups excluding carboxylic acids is 1. The van der Waals surface area contributed by atoms with Crippen LogP contribution in [0.25, 0.3) is 0 Å². The van der Waals surface area contributed by atoms with Crippen LogP contribution in [0.4, 0.5) is 11.4 Å². The molecule has 0 radical (unpaired) electrons. The molecule has 0 saturated carbocycles. The second-order valence-electron chi connectivity index (χ2n) is 8.27. The maximum absolute atomic E-state index is 12.7. The van der Waals surface area contributed by atoms with Gasteiger partial charge in [-0.1, -0.05) is 35.3 Å². The van der Waals surface area contributed by atoms with Gasteiger partial charge in [0.1, 0.15) is 0 Å². The van der Waals surface area contributed by atoms with Gasteiger partial charge in [-0.05, 0) is 73.0 Å². The lowest BCUT2D eigenvalue weighted by atomic mass is 10.1. The molecule has 1 saturated heterocycles. The van der Waals surface area contributed by atoms with Crippen LogP contribution >= 0.6 is 23.2 Å². The predicted molar refractivity (Wildman–Crippen MR) is 142 cm³/mol. The lowest BCUT2D eigenvalue weighted by molar-refractivity contribution is 0.102. The Morgan fingerprint density at radius 3 is 2.11 bits per heavy atom. The molecule has 0 aliphatic carbocycles. The highest BCUT2D eigenvalue weighted by atomic mass is 35.5. The van der Waals surface area contributed by atoms with Crippen molar-refractivity contribution in [3.05, 3.63) is 87.9 Å². The minimum Gasteiger partial charge on any atom is -0.322 e. The zero-order valence-corrected chi connectivity index (χ0v) is 22.1. The lowest BCUT2D eigenvalue weighted by Gasteiger charge is -2.15. The van der Waals surface area contributed by atoms with E-state index in [1.54, 1.807) is 24.3 Å². The predicted octanol–water partition coefficient (Wildman–Crippen LogP) is 4.97. The van der Waals surface area contributed by atoms with Gasteiger partial charge in [0.25, 0.3) is 15.9 Å². The van der Waals surface area contributed by atoms with Crippen LogP contribution in [-0.2, 0) is 25.8 Å². The SMILES string of the molecule is O=C(Nc1ccc(S(=O)(=O)Nc2ccc(Cl)cc2Cl)cc1)c1ccc(CS(=O)(=O)N2CCCC2)cc1. The average molecular weight is 569 g/mol. The number of sulfonamides is 2. The topological polar surface area (TPSA) is 113 Å². The van der Waals surface area contributed by atoms with E-state index < -0.39 is 26.0 Å². The highest BCUT2D eigenvalue weighted by Gasteiger charge is 2.25. The summed E-state index contributed by atoms with van der Waals surface area (Å²) in [7, 11) is -7.28. The van der Waals surface area contributed by atoms with Gasteiger partial charge in [0, 0.05) is 29.4 Å². The van der Waals surface area contributed by atoms with E-state index in [2.05, 4.69) is 10.0 Å². The Hall–Kier alpha value is -2.63. The molecule has 3 aromatic rings. The largest absolute Gasteiger partial charge is 0.322 e. The third-order valence-corrected chi connectivity index (χ3v) is 9.40. The van der Waals surface area contributed by atoms with Gasteiger partial charge in [0.15, 0.2) is 0 Å². The number of benzene rings is 3. The molecule has 0 unspecified atom stereocenters. The molecule has 3 aromatic carbocycles. The van der Waals surface area contributed by atoms with Crippen LogP contribution in [0.3, 0.4) is 0 Å². The van der Waals surface area contributed by atoms with Crippen LogP contribution < -0.4 is 10.0 Å². The smallest absolute Gasteiger partial charge is 0.261 e. The fraction of sp³-hybridized carbons (Fsp3) is 0.208. The number of rotatable bonds is 8. The molecule has 1 amide bonds. The molecule has 0 bridgehead atoms. The van der Waals surface area contributed by atoms with Crippen LogP contribution in [0.2, 0.25) is 10.0 Å². The molecule has 0 atom stereocenters. The van der Waals surface area contributed by atoms with E-state index in [-0.39, 0.29) is 21.4 Å². The van der Waals surface area contributed by atoms with Gasteiger partial charge in [0.2, 0.25) is 10.0 Å². The van der Waals surface area contributed by atoms with Gasteiger partial charge in [-0.2, -0.15) is 0 Å². The summed E-state index contributed by atoms with van der Waals surface area (Å²) in [6, 6.07) is 16.4. The summed E-state index contributed by atoms with van der Waals surface area (Å²) in [5, 5.41) is 3.24. The van der Waals surface area contributed by atoms with Crippen molar-refractivity contribution in [2.24, 2.45) is 0 Å². The van der Waals surface area contributed by atoms with E-state index in [9.17, 15) is 21.6 Å². The average Bonchev–Trinajstić information content (AvgIpc) is 3.38. The van der Waals surface area contributed by atoms with Crippen LogP contribution in [-0.4, -0.2) is 40.1 Å². The molecule has 4 rings (SSSR count). The maximum atomic E-state index is 12.7. The Morgan fingerprint density at radius 1 is 0.861 bits per heavy atom. The number of hydrogen-bond acceptors (Lipinski definition) is 5. The zero-order chi connectivity index (χ0) is 25.9. The lowest BCUT2D eigenvalue weighted by Crippen LogP contribution is -2.29. The molecule has 36 heavy (non-hydrogen) atoms. The molecule has 190 valence electrons. The monoisotopic (exact) mass is 567 g/mol. The van der Waals surface area contributed by atoms with Crippen molar-refractivity contribution in [1.29, 1.82) is 0 Å². The van der Waals surface area contributed by atoms with Gasteiger partial charge >= 0.3 is 0 Å². The maximum Gasteiger partial charge on any atom is 0.261 e. The second kappa shape index (κ2) is 10.8. The first-order valence-corrected chi connectivity index (χ1v) is 14.8. The van der Waals surface area contributed by atoms with Crippen molar-refractivity contribution >= 4 is 60.5 Å². The standard InChI is InChI=1S/C24H23Cl2N3O5S2/c25-19-7-12-23(22(26)15-19)28-36(33,34)21-10-8-20(9-11-21)27-24(30)18-5-3-17(4-6-18)16-35(31,32)29-13-1-2-14-29/h3-12,15,28H,1-2,13-14,16H2,(H,27,30). The Labute approximate surface area is 220 Å². The molecule has 1 heterocycles. The van der Waals surface area contributed by atoms with Crippen molar-refractivity contribution < 1.29 is 21.6 Å². The van der Waals surface area contributed by atoms with Crippen molar-refractivity contribution in [2.75, 3.05) is 23.1 Å². The molecule has 1 fully saturated rings. The highest BCUT2D eigenvalue weighted by Crippen LogP contribution is 2.28. The summed E-state index contributed by atoms with van der Waals surface area (Å²) >= 11 is 11.9. The number of hydrogen-bond donors (Lipinski definition) is 2. The summed E-state index contributed by atoms with van der Waals surface area (Å²) < 4.78 is 54.2. The molecule has 1 aliphatic heterocycles. The fourth-order valence-corrected chi connectivity index (χ4v) is 6.92. The van der Waals surface area contributed by atoms with Gasteiger partial charge in [-0.25, -0.2) is 21.1 Å². The van der Waals surface area contributed by atoms with E-state index in [0.29, 0.717) is 34.9 Å². The van der Waals surface area contributed by atoms with Crippen molar-refractivity contribution in [1.82, 2.24) is 4.31 Å². The zero-order valence-electron chi connectivity index (χ0n) is 18.9. The minimum atomic E-state index is -3.91. The summed E-state index contributed by atoms with van der Waals surface area (Å²) in [6.07, 6.45) is 1.75. The quantitative estimate of drug-likeness (QED) is 0.399. The van der Waals surface area contributed by atoms with Gasteiger partial charge < -0.3 is 5.32 Å². The van der Waals surface area contributed by atoms with Crippen LogP contribution in [0, 0.1) is 0 Å². The molecule has 12 heteroatoms. The molecular formula is C24H23Cl2N3O5S2. The molecule has 8 nitrogen and oxygen atoms in total. The van der Waals surface area contributed by atoms with Crippen molar-refractivity contribution in [2.45, 2.75) is 23.5 Å². The number of halogens is 2. The highest BCUT2D eigenvalue weighted by molar-refractivity contribution is 7.92. The second-order valence-corrected chi connectivity index (χ2v) is 12.8. The Morgan fingerprint density at radius 2 is 1.50 bits per heavy atom. The van der Waals surface area contributed by atoms with Crippen molar-refractivity contribution in [3.63, 3.8) is 0 Å². The summed E-state index contributed by atoms with van der Waals surface area (Å²) in [4.78, 5) is 12.6. The van der Waals surface area contributed by atoms with E-state index in [1.165, 1.54) is 46.8 Å². The van der Waals surface area contributed by atoms with Crippen LogP contribution in [0.15, 0.2) is 71.6 Å². The molecule has 0 aromatic heterocycles. The van der Waals surface area contributed by atoms with Crippen molar-refractivity contribution in [3.8, 4) is 0 Å². The van der Waals surface area contributed by atoms with E-state index in [1.807, 2.05) is 0 Å². The fourth-order valence-electron chi connectivity index (χ4n) is 3.72. The van der Waals surface area contributed by atoms with E-state index >= 15 is 0 Å². The molecular weight excluding hydrogens is 545 g/mol. The molecule has 0 spiro atoms. The molecule has 1 aliphatic rings. The first-order valence-electron chi connectivity index (χ1n) is 11.0. The van der Waals surface area contributed by atoms with Gasteiger partial charge in [-0.15, -0.1) is 0 Å². The number of carbonyl (C=O) groups is 1. The Bertz CT molecular complexity index is 1470. The van der Waals surface area contributed by atoms with Crippen LogP contribution in [0.5, 0.6) is 0 Å². The summed E-state index contributed by atoms with van der Waals surface area (Å²) in [5.74, 6) is -0.522. The Balaban J connectivity index is 1.39. The van der Waals surface area contributed by atoms with E-state index in [0.717, 1.165) is 12.8 Å². The molecule has 2 N–H and O–H groups in total. The first-order chi connectivity index (χ1) is 17.0. The number of amides is 1. The van der Waals surface area contributed by atoms with E-state index in [4.69, 9.17) is 23.2 Å². The normalized spacial score (nSPS) is 14.5. The number of nitrogens with one attached hydrogen (secondary N) is 2. The first kappa shape index (κ1) is 26.4. The summed E-state index contributed by atoms with van der Waals surface area (Å²) in [5.41, 5.74) is 1.52. The van der Waals surface area contributed by atoms with Crippen LogP contribution in [0.1, 0.15) is 28.8 Å². The van der Waals surface area contributed by atoms with Gasteiger partial charge in [-0.3, -0.25) is 9.52 Å². The number of anilines is 2. The third kappa shape index (κ3) is 6.37. The Kier molecular flexibility index (Phi) is 7.91. The minimum absolute atomic E-state index is 0.0184. The number of nitrogens with zero attached hydrogens (tertiary/aromatic N) is 1. The summed E-state index contributed by atoms with van der Waals surface area (Å²) in [6.45, 7) is 1.10. The third-order valence-electron chi connectivity index (χ3n) is 5.62. The van der Waals surface area contributed by atoms with Gasteiger partial charge in [0.05, 0.1) is 21.4 Å².